The molecule has 0 aliphatic carbocycles. The van der Waals surface area contributed by atoms with Crippen LogP contribution < -0.4 is 11.1 Å². The number of nitrogens with two attached hydrogens (primary N) is 1. The van der Waals surface area contributed by atoms with Crippen LogP contribution in [0.25, 0.3) is 0 Å². The minimum Gasteiger partial charge on any atom is -0.507 e. The van der Waals surface area contributed by atoms with Crippen LogP contribution in [0.15, 0.2) is 18.2 Å². The second-order valence-corrected chi connectivity index (χ2v) is 4.50. The third-order valence-corrected chi connectivity index (χ3v) is 2.98. The third kappa shape index (κ3) is 3.46. The number of rotatable bonds is 4. The van der Waals surface area contributed by atoms with Crippen molar-refractivity contribution in [2.75, 3.05) is 6.54 Å². The molecule has 2 unspecified atom stereocenters. The van der Waals surface area contributed by atoms with E-state index in [0.717, 1.165) is 5.56 Å². The average Bonchev–Trinajstić information content (AvgIpc) is 2.27. The zero-order valence-corrected chi connectivity index (χ0v) is 10.5. The molecule has 2 atom stereocenters. The van der Waals surface area contributed by atoms with Gasteiger partial charge in [0.15, 0.2) is 0 Å². The van der Waals surface area contributed by atoms with Crippen molar-refractivity contribution >= 4 is 5.91 Å². The van der Waals surface area contributed by atoms with E-state index in [-0.39, 0.29) is 23.6 Å². The van der Waals surface area contributed by atoms with Gasteiger partial charge in [0.25, 0.3) is 5.91 Å². The van der Waals surface area contributed by atoms with Crippen molar-refractivity contribution in [3.05, 3.63) is 29.3 Å². The highest BCUT2D eigenvalue weighted by Crippen LogP contribution is 2.18. The Balaban J connectivity index is 2.76. The normalized spacial score (nSPS) is 14.1. The van der Waals surface area contributed by atoms with E-state index in [1.165, 1.54) is 0 Å². The van der Waals surface area contributed by atoms with Crippen molar-refractivity contribution in [2.45, 2.75) is 26.8 Å². The molecule has 4 heteroatoms. The van der Waals surface area contributed by atoms with Crippen molar-refractivity contribution in [1.82, 2.24) is 5.32 Å². The van der Waals surface area contributed by atoms with Crippen molar-refractivity contribution in [3.8, 4) is 5.75 Å². The maximum absolute atomic E-state index is 11.9. The van der Waals surface area contributed by atoms with E-state index in [4.69, 9.17) is 5.73 Å². The van der Waals surface area contributed by atoms with Crippen molar-refractivity contribution in [3.63, 3.8) is 0 Å². The van der Waals surface area contributed by atoms with E-state index >= 15 is 0 Å². The van der Waals surface area contributed by atoms with Crippen LogP contribution in [-0.2, 0) is 0 Å². The molecule has 0 saturated carbocycles. The SMILES string of the molecule is Cc1ccc(C(=O)NC(C)C(C)CN)c(O)c1. The van der Waals surface area contributed by atoms with E-state index in [9.17, 15) is 9.90 Å². The molecule has 0 saturated heterocycles. The van der Waals surface area contributed by atoms with Crippen LogP contribution in [-0.4, -0.2) is 23.6 Å². The Bertz CT molecular complexity index is 404. The fourth-order valence-electron chi connectivity index (χ4n) is 1.46. The molecule has 17 heavy (non-hydrogen) atoms. The highest BCUT2D eigenvalue weighted by Gasteiger charge is 2.16. The van der Waals surface area contributed by atoms with Crippen LogP contribution in [0.5, 0.6) is 5.75 Å². The number of hydrogen-bond donors (Lipinski definition) is 3. The van der Waals surface area contributed by atoms with Gasteiger partial charge in [0, 0.05) is 6.04 Å². The lowest BCUT2D eigenvalue weighted by molar-refractivity contribution is 0.0927. The summed E-state index contributed by atoms with van der Waals surface area (Å²) in [6.45, 7) is 6.25. The molecule has 4 N–H and O–H groups in total. The minimum atomic E-state index is -0.268. The zero-order valence-electron chi connectivity index (χ0n) is 10.5. The van der Waals surface area contributed by atoms with Gasteiger partial charge >= 0.3 is 0 Å². The quantitative estimate of drug-likeness (QED) is 0.740. The van der Waals surface area contributed by atoms with Crippen LogP contribution in [0.4, 0.5) is 0 Å². The van der Waals surface area contributed by atoms with Crippen molar-refractivity contribution < 1.29 is 9.90 Å². The molecule has 1 aromatic carbocycles. The van der Waals surface area contributed by atoms with Gasteiger partial charge in [-0.05, 0) is 44.0 Å². The Kier molecular flexibility index (Phi) is 4.52. The molecule has 0 fully saturated rings. The lowest BCUT2D eigenvalue weighted by Gasteiger charge is -2.20. The predicted molar refractivity (Wildman–Crippen MR) is 68.0 cm³/mol. The topological polar surface area (TPSA) is 75.4 Å². The fourth-order valence-corrected chi connectivity index (χ4v) is 1.46. The molecule has 0 radical (unpaired) electrons. The number of carbonyl (C=O) groups is 1. The first-order chi connectivity index (χ1) is 7.95. The van der Waals surface area contributed by atoms with E-state index in [0.29, 0.717) is 12.1 Å². The molecule has 1 aromatic rings. The van der Waals surface area contributed by atoms with Crippen molar-refractivity contribution in [1.29, 1.82) is 0 Å². The number of aryl methyl sites for hydroxylation is 1. The number of carbonyl (C=O) groups excluding carboxylic acids is 1. The largest absolute Gasteiger partial charge is 0.507 e. The van der Waals surface area contributed by atoms with Gasteiger partial charge in [-0.25, -0.2) is 0 Å². The maximum Gasteiger partial charge on any atom is 0.255 e. The smallest absolute Gasteiger partial charge is 0.255 e. The average molecular weight is 236 g/mol. The number of hydrogen-bond acceptors (Lipinski definition) is 3. The van der Waals surface area contributed by atoms with E-state index in [1.807, 2.05) is 20.8 Å². The standard InChI is InChI=1S/C13H20N2O2/c1-8-4-5-11(12(16)6-8)13(17)15-10(3)9(2)7-14/h4-6,9-10,16H,7,14H2,1-3H3,(H,15,17). The molecule has 0 heterocycles. The van der Waals surface area contributed by atoms with Gasteiger partial charge in [0.05, 0.1) is 5.56 Å². The molecule has 0 bridgehead atoms. The second kappa shape index (κ2) is 5.68. The summed E-state index contributed by atoms with van der Waals surface area (Å²) in [5.74, 6) is -0.0584. The summed E-state index contributed by atoms with van der Waals surface area (Å²) in [4.78, 5) is 11.9. The maximum atomic E-state index is 11.9. The van der Waals surface area contributed by atoms with Gasteiger partial charge < -0.3 is 16.2 Å². The van der Waals surface area contributed by atoms with Crippen LogP contribution in [0, 0.1) is 12.8 Å². The van der Waals surface area contributed by atoms with Gasteiger partial charge in [0.1, 0.15) is 5.75 Å². The summed E-state index contributed by atoms with van der Waals surface area (Å²) in [7, 11) is 0. The van der Waals surface area contributed by atoms with E-state index < -0.39 is 0 Å². The molecule has 0 aliphatic rings. The Labute approximate surface area is 102 Å². The molecule has 94 valence electrons. The number of benzene rings is 1. The molecule has 1 amide bonds. The molecule has 0 aliphatic heterocycles. The summed E-state index contributed by atoms with van der Waals surface area (Å²) < 4.78 is 0. The lowest BCUT2D eigenvalue weighted by Crippen LogP contribution is -2.39. The van der Waals surface area contributed by atoms with Gasteiger partial charge in [-0.15, -0.1) is 0 Å². The first-order valence-corrected chi connectivity index (χ1v) is 5.76. The monoisotopic (exact) mass is 236 g/mol. The van der Waals surface area contributed by atoms with E-state index in [2.05, 4.69) is 5.32 Å². The first-order valence-electron chi connectivity index (χ1n) is 5.76. The Hall–Kier alpha value is -1.55. The summed E-state index contributed by atoms with van der Waals surface area (Å²) in [6, 6.07) is 4.98. The summed E-state index contributed by atoms with van der Waals surface area (Å²) in [5.41, 5.74) is 6.75. The fraction of sp³-hybridized carbons (Fsp3) is 0.462. The lowest BCUT2D eigenvalue weighted by atomic mass is 10.0. The van der Waals surface area contributed by atoms with Crippen LogP contribution in [0.1, 0.15) is 29.8 Å². The second-order valence-electron chi connectivity index (χ2n) is 4.50. The molecule has 4 nitrogen and oxygen atoms in total. The number of amides is 1. The molecular weight excluding hydrogens is 216 g/mol. The highest BCUT2D eigenvalue weighted by molar-refractivity contribution is 5.97. The van der Waals surface area contributed by atoms with Gasteiger partial charge in [-0.3, -0.25) is 4.79 Å². The Morgan fingerprint density at radius 2 is 2.12 bits per heavy atom. The number of aromatic hydroxyl groups is 1. The molecular formula is C13H20N2O2. The molecule has 0 spiro atoms. The summed E-state index contributed by atoms with van der Waals surface area (Å²) in [5, 5.41) is 12.5. The van der Waals surface area contributed by atoms with E-state index in [1.54, 1.807) is 18.2 Å². The third-order valence-electron chi connectivity index (χ3n) is 2.98. The van der Waals surface area contributed by atoms with Crippen LogP contribution >= 0.6 is 0 Å². The molecule has 0 aromatic heterocycles. The van der Waals surface area contributed by atoms with Gasteiger partial charge in [-0.2, -0.15) is 0 Å². The minimum absolute atomic E-state index is 0.00935. The Morgan fingerprint density at radius 1 is 1.47 bits per heavy atom. The zero-order chi connectivity index (χ0) is 13.0. The number of nitrogens with one attached hydrogen (secondary N) is 1. The number of phenolic OH excluding ortho intramolecular Hbond substituents is 1. The Morgan fingerprint density at radius 3 is 2.65 bits per heavy atom. The summed E-state index contributed by atoms with van der Waals surface area (Å²) in [6.07, 6.45) is 0. The highest BCUT2D eigenvalue weighted by atomic mass is 16.3. The van der Waals surface area contributed by atoms with Crippen LogP contribution in [0.3, 0.4) is 0 Å². The predicted octanol–water partition coefficient (Wildman–Crippen LogP) is 1.41. The first kappa shape index (κ1) is 13.5. The van der Waals surface area contributed by atoms with Crippen molar-refractivity contribution in [2.24, 2.45) is 11.7 Å². The van der Waals surface area contributed by atoms with Gasteiger partial charge in [-0.1, -0.05) is 13.0 Å². The van der Waals surface area contributed by atoms with Crippen LogP contribution in [0.2, 0.25) is 0 Å². The number of phenols is 1. The molecule has 1 rings (SSSR count). The van der Waals surface area contributed by atoms with Gasteiger partial charge in [0.2, 0.25) is 0 Å². The summed E-state index contributed by atoms with van der Waals surface area (Å²) >= 11 is 0.